The van der Waals surface area contributed by atoms with Crippen LogP contribution >= 0.6 is 0 Å². The molecule has 4 heteroatoms. The summed E-state index contributed by atoms with van der Waals surface area (Å²) in [5.74, 6) is 3.10. The lowest BCUT2D eigenvalue weighted by Crippen LogP contribution is -2.26. The molecule has 0 spiro atoms. The van der Waals surface area contributed by atoms with Crippen LogP contribution in [0.1, 0.15) is 6.92 Å². The number of para-hydroxylation sites is 4. The minimum absolute atomic E-state index is 0.523. The molecule has 1 aliphatic heterocycles. The second-order valence-electron chi connectivity index (χ2n) is 5.85. The van der Waals surface area contributed by atoms with Crippen LogP contribution in [0.3, 0.4) is 0 Å². The third-order valence-corrected chi connectivity index (χ3v) is 4.15. The molecule has 0 saturated carbocycles. The minimum atomic E-state index is 0.523. The molecule has 3 aromatic carbocycles. The Balaban J connectivity index is 1.51. The highest BCUT2D eigenvalue weighted by atomic mass is 16.5. The number of nitrogens with zero attached hydrogens (tertiary/aromatic N) is 1. The van der Waals surface area contributed by atoms with Gasteiger partial charge in [0.2, 0.25) is 0 Å². The highest BCUT2D eigenvalue weighted by Gasteiger charge is 2.23. The van der Waals surface area contributed by atoms with Gasteiger partial charge in [0, 0.05) is 0 Å². The van der Waals surface area contributed by atoms with Crippen molar-refractivity contribution < 1.29 is 14.2 Å². The largest absolute Gasteiger partial charge is 0.493 e. The van der Waals surface area contributed by atoms with Gasteiger partial charge in [-0.05, 0) is 43.3 Å². The average molecular weight is 346 g/mol. The lowest BCUT2D eigenvalue weighted by molar-refractivity contribution is 0.314. The average Bonchev–Trinajstić information content (AvgIpc) is 2.68. The van der Waals surface area contributed by atoms with Gasteiger partial charge < -0.3 is 19.1 Å². The van der Waals surface area contributed by atoms with Gasteiger partial charge in [-0.1, -0.05) is 30.3 Å². The first-order chi connectivity index (χ1) is 12.8. The molecule has 0 unspecified atom stereocenters. The van der Waals surface area contributed by atoms with Crippen LogP contribution < -0.4 is 19.1 Å². The summed E-state index contributed by atoms with van der Waals surface area (Å²) >= 11 is 0. The number of rotatable bonds is 6. The molecule has 1 radical (unpaired) electrons. The van der Waals surface area contributed by atoms with Gasteiger partial charge in [-0.3, -0.25) is 0 Å². The van der Waals surface area contributed by atoms with Crippen molar-refractivity contribution in [3.05, 3.63) is 72.8 Å². The van der Waals surface area contributed by atoms with E-state index in [0.717, 1.165) is 22.9 Å². The van der Waals surface area contributed by atoms with Crippen molar-refractivity contribution in [3.63, 3.8) is 0 Å². The van der Waals surface area contributed by atoms with Crippen molar-refractivity contribution in [2.24, 2.45) is 0 Å². The fraction of sp³-hybridized carbons (Fsp3) is 0.182. The molecule has 131 valence electrons. The number of anilines is 2. The van der Waals surface area contributed by atoms with E-state index in [2.05, 4.69) is 23.1 Å². The van der Waals surface area contributed by atoms with E-state index in [-0.39, 0.29) is 0 Å². The molecule has 0 bridgehead atoms. The molecular weight excluding hydrogens is 326 g/mol. The van der Waals surface area contributed by atoms with Gasteiger partial charge in [0.15, 0.2) is 11.5 Å². The van der Waals surface area contributed by atoms with Crippen molar-refractivity contribution in [1.82, 2.24) is 0 Å². The molecule has 1 aliphatic rings. The highest BCUT2D eigenvalue weighted by Crippen LogP contribution is 2.45. The second kappa shape index (κ2) is 7.40. The predicted molar refractivity (Wildman–Crippen MR) is 102 cm³/mol. The van der Waals surface area contributed by atoms with Crippen LogP contribution in [0.25, 0.3) is 0 Å². The molecule has 0 atom stereocenters. The van der Waals surface area contributed by atoms with Crippen LogP contribution in [0, 0.1) is 6.07 Å². The summed E-state index contributed by atoms with van der Waals surface area (Å²) in [6.07, 6.45) is 0. The molecule has 0 aromatic heterocycles. The van der Waals surface area contributed by atoms with Crippen LogP contribution in [0.5, 0.6) is 23.0 Å². The first kappa shape index (κ1) is 16.3. The molecule has 4 rings (SSSR count). The summed E-state index contributed by atoms with van der Waals surface area (Å²) in [7, 11) is 0. The minimum Gasteiger partial charge on any atom is -0.493 e. The van der Waals surface area contributed by atoms with E-state index in [9.17, 15) is 0 Å². The molecule has 0 N–H and O–H groups in total. The van der Waals surface area contributed by atoms with E-state index < -0.39 is 0 Å². The first-order valence-corrected chi connectivity index (χ1v) is 8.76. The second-order valence-corrected chi connectivity index (χ2v) is 5.85. The van der Waals surface area contributed by atoms with Gasteiger partial charge in [-0.2, -0.15) is 0 Å². The SMILES string of the molecule is CCOc1[c]c(OCCN2c3ccccc3Oc3ccccc32)ccc1. The van der Waals surface area contributed by atoms with Crippen molar-refractivity contribution in [2.75, 3.05) is 24.7 Å². The van der Waals surface area contributed by atoms with E-state index in [4.69, 9.17) is 14.2 Å². The summed E-state index contributed by atoms with van der Waals surface area (Å²) in [6, 6.07) is 24.9. The van der Waals surface area contributed by atoms with Crippen LogP contribution in [0.2, 0.25) is 0 Å². The molecule has 1 heterocycles. The zero-order valence-electron chi connectivity index (χ0n) is 14.6. The van der Waals surface area contributed by atoms with E-state index in [1.807, 2.05) is 61.5 Å². The van der Waals surface area contributed by atoms with Gasteiger partial charge in [-0.25, -0.2) is 0 Å². The Kier molecular flexibility index (Phi) is 4.65. The summed E-state index contributed by atoms with van der Waals surface area (Å²) in [6.45, 7) is 3.79. The van der Waals surface area contributed by atoms with E-state index in [0.29, 0.717) is 31.3 Å². The molecule has 0 amide bonds. The van der Waals surface area contributed by atoms with Crippen molar-refractivity contribution in [3.8, 4) is 23.0 Å². The van der Waals surface area contributed by atoms with Crippen LogP contribution in [-0.4, -0.2) is 19.8 Å². The van der Waals surface area contributed by atoms with Crippen LogP contribution in [0.15, 0.2) is 66.7 Å². The Morgan fingerprint density at radius 2 is 1.42 bits per heavy atom. The van der Waals surface area contributed by atoms with Gasteiger partial charge in [-0.15, -0.1) is 0 Å². The number of fused-ring (bicyclic) bond motifs is 2. The molecular formula is C22H20NO3. The maximum absolute atomic E-state index is 6.01. The van der Waals surface area contributed by atoms with Gasteiger partial charge >= 0.3 is 0 Å². The zero-order chi connectivity index (χ0) is 17.8. The third kappa shape index (κ3) is 3.31. The van der Waals surface area contributed by atoms with Crippen molar-refractivity contribution in [2.45, 2.75) is 6.92 Å². The highest BCUT2D eigenvalue weighted by molar-refractivity contribution is 5.77. The maximum atomic E-state index is 6.01. The fourth-order valence-corrected chi connectivity index (χ4v) is 3.02. The number of hydrogen-bond donors (Lipinski definition) is 0. The third-order valence-electron chi connectivity index (χ3n) is 4.15. The van der Waals surface area contributed by atoms with E-state index in [1.165, 1.54) is 0 Å². The van der Waals surface area contributed by atoms with Crippen LogP contribution in [0.4, 0.5) is 11.4 Å². The number of ether oxygens (including phenoxy) is 3. The Labute approximate surface area is 153 Å². The predicted octanol–water partition coefficient (Wildman–Crippen LogP) is 5.21. The number of benzene rings is 3. The van der Waals surface area contributed by atoms with Gasteiger partial charge in [0.1, 0.15) is 18.1 Å². The van der Waals surface area contributed by atoms with Crippen LogP contribution in [-0.2, 0) is 0 Å². The standard InChI is InChI=1S/C22H20NO3/c1-2-24-17-8-7-9-18(16-17)25-15-14-23-19-10-3-5-12-21(19)26-22-13-6-4-11-20(22)23/h3-13H,2,14-15H2,1H3. The van der Waals surface area contributed by atoms with Gasteiger partial charge in [0.25, 0.3) is 0 Å². The quantitative estimate of drug-likeness (QED) is 0.613. The van der Waals surface area contributed by atoms with Crippen molar-refractivity contribution >= 4 is 11.4 Å². The normalized spacial score (nSPS) is 12.0. The number of hydrogen-bond acceptors (Lipinski definition) is 4. The molecule has 0 aliphatic carbocycles. The molecule has 0 fully saturated rings. The Bertz CT molecular complexity index is 848. The molecule has 0 saturated heterocycles. The summed E-state index contributed by atoms with van der Waals surface area (Å²) in [5, 5.41) is 0. The Morgan fingerprint density at radius 3 is 2.08 bits per heavy atom. The van der Waals surface area contributed by atoms with Gasteiger partial charge in [0.05, 0.1) is 30.6 Å². The molecule has 4 nitrogen and oxygen atoms in total. The summed E-state index contributed by atoms with van der Waals surface area (Å²) in [4.78, 5) is 2.22. The lowest BCUT2D eigenvalue weighted by Gasteiger charge is -2.32. The first-order valence-electron chi connectivity index (χ1n) is 8.76. The smallest absolute Gasteiger partial charge is 0.151 e. The fourth-order valence-electron chi connectivity index (χ4n) is 3.02. The summed E-state index contributed by atoms with van der Waals surface area (Å²) < 4.78 is 17.4. The Hall–Kier alpha value is -3.14. The van der Waals surface area contributed by atoms with Crippen molar-refractivity contribution in [1.29, 1.82) is 0 Å². The molecule has 3 aromatic rings. The summed E-state index contributed by atoms with van der Waals surface area (Å²) in [5.41, 5.74) is 2.09. The van der Waals surface area contributed by atoms with E-state index >= 15 is 0 Å². The molecule has 26 heavy (non-hydrogen) atoms. The zero-order valence-corrected chi connectivity index (χ0v) is 14.6. The topological polar surface area (TPSA) is 30.9 Å². The Morgan fingerprint density at radius 1 is 0.808 bits per heavy atom. The maximum Gasteiger partial charge on any atom is 0.151 e. The monoisotopic (exact) mass is 346 g/mol. The van der Waals surface area contributed by atoms with E-state index in [1.54, 1.807) is 0 Å². The lowest BCUT2D eigenvalue weighted by atomic mass is 10.1.